The zero-order valence-corrected chi connectivity index (χ0v) is 8.55. The van der Waals surface area contributed by atoms with Gasteiger partial charge in [0, 0.05) is 0 Å². The van der Waals surface area contributed by atoms with Crippen molar-refractivity contribution >= 4 is 0 Å². The maximum Gasteiger partial charge on any atom is 0.0653 e. The molecule has 0 bridgehead atoms. The van der Waals surface area contributed by atoms with Gasteiger partial charge >= 0.3 is 0 Å². The highest BCUT2D eigenvalue weighted by Crippen LogP contribution is 2.55. The summed E-state index contributed by atoms with van der Waals surface area (Å²) in [6, 6.07) is 0. The summed E-state index contributed by atoms with van der Waals surface area (Å²) in [5.41, 5.74) is 5.73. The molecule has 2 unspecified atom stereocenters. The first-order valence-corrected chi connectivity index (χ1v) is 5.53. The van der Waals surface area contributed by atoms with Gasteiger partial charge < -0.3 is 10.8 Å². The van der Waals surface area contributed by atoms with Gasteiger partial charge in [-0.2, -0.15) is 0 Å². The largest absolute Gasteiger partial charge is 0.390 e. The van der Waals surface area contributed by atoms with Crippen LogP contribution < -0.4 is 5.73 Å². The molecule has 2 aliphatic carbocycles. The minimum absolute atomic E-state index is 0.306. The third-order valence-corrected chi connectivity index (χ3v) is 4.42. The Bertz CT molecular complexity index is 191. The summed E-state index contributed by atoms with van der Waals surface area (Å²) in [4.78, 5) is 0. The first-order valence-electron chi connectivity index (χ1n) is 5.53. The number of hydrogen-bond acceptors (Lipinski definition) is 2. The van der Waals surface area contributed by atoms with Gasteiger partial charge in [-0.15, -0.1) is 0 Å². The predicted octanol–water partition coefficient (Wildman–Crippen LogP) is 1.67. The summed E-state index contributed by atoms with van der Waals surface area (Å²) in [6.07, 6.45) is 7.13. The molecule has 2 aliphatic rings. The number of nitrogens with two attached hydrogens (primary N) is 1. The van der Waals surface area contributed by atoms with Crippen molar-refractivity contribution in [3.8, 4) is 0 Å². The normalized spacial score (nSPS) is 43.2. The van der Waals surface area contributed by atoms with E-state index in [2.05, 4.69) is 0 Å². The predicted molar refractivity (Wildman–Crippen MR) is 53.3 cm³/mol. The molecule has 0 aromatic carbocycles. The molecule has 2 heteroatoms. The molecule has 2 nitrogen and oxygen atoms in total. The zero-order valence-electron chi connectivity index (χ0n) is 8.55. The van der Waals surface area contributed by atoms with Crippen molar-refractivity contribution in [3.63, 3.8) is 0 Å². The first-order chi connectivity index (χ1) is 6.11. The second kappa shape index (κ2) is 2.96. The lowest BCUT2D eigenvalue weighted by Gasteiger charge is -2.50. The second-order valence-corrected chi connectivity index (χ2v) is 5.22. The third-order valence-electron chi connectivity index (χ3n) is 4.42. The Morgan fingerprint density at radius 2 is 2.00 bits per heavy atom. The fourth-order valence-electron chi connectivity index (χ4n) is 3.44. The van der Waals surface area contributed by atoms with E-state index < -0.39 is 5.60 Å². The van der Waals surface area contributed by atoms with Crippen molar-refractivity contribution in [2.45, 2.75) is 51.0 Å². The average molecular weight is 183 g/mol. The van der Waals surface area contributed by atoms with E-state index in [4.69, 9.17) is 5.73 Å². The first kappa shape index (κ1) is 9.47. The summed E-state index contributed by atoms with van der Waals surface area (Å²) in [5.74, 6) is 0.471. The van der Waals surface area contributed by atoms with Crippen molar-refractivity contribution < 1.29 is 5.11 Å². The van der Waals surface area contributed by atoms with Crippen LogP contribution in [-0.2, 0) is 0 Å². The fraction of sp³-hybridized carbons (Fsp3) is 1.00. The molecule has 2 rings (SSSR count). The Labute approximate surface area is 80.5 Å². The van der Waals surface area contributed by atoms with Gasteiger partial charge in [0.1, 0.15) is 0 Å². The van der Waals surface area contributed by atoms with Crippen LogP contribution in [0.15, 0.2) is 0 Å². The van der Waals surface area contributed by atoms with E-state index in [-0.39, 0.29) is 0 Å². The molecule has 0 spiro atoms. The van der Waals surface area contributed by atoms with Gasteiger partial charge in [0.2, 0.25) is 0 Å². The van der Waals surface area contributed by atoms with Crippen LogP contribution in [0.2, 0.25) is 0 Å². The van der Waals surface area contributed by atoms with Crippen molar-refractivity contribution in [1.82, 2.24) is 0 Å². The summed E-state index contributed by atoms with van der Waals surface area (Å²) in [6.45, 7) is 2.77. The van der Waals surface area contributed by atoms with Crippen molar-refractivity contribution in [2.75, 3.05) is 6.54 Å². The molecule has 3 N–H and O–H groups in total. The van der Waals surface area contributed by atoms with E-state index in [1.54, 1.807) is 0 Å². The summed E-state index contributed by atoms with van der Waals surface area (Å²) >= 11 is 0. The average Bonchev–Trinajstić information content (AvgIpc) is 2.31. The lowest BCUT2D eigenvalue weighted by atomic mass is 9.57. The molecule has 2 fully saturated rings. The molecule has 0 amide bonds. The molecular formula is C11H21NO. The van der Waals surface area contributed by atoms with Crippen LogP contribution in [-0.4, -0.2) is 17.3 Å². The lowest BCUT2D eigenvalue weighted by molar-refractivity contribution is -0.0717. The Hall–Kier alpha value is -0.0800. The van der Waals surface area contributed by atoms with Crippen LogP contribution in [0.1, 0.15) is 45.4 Å². The van der Waals surface area contributed by atoms with E-state index in [1.165, 1.54) is 32.1 Å². The van der Waals surface area contributed by atoms with Gasteiger partial charge in [0.15, 0.2) is 0 Å². The maximum absolute atomic E-state index is 10.2. The minimum Gasteiger partial charge on any atom is -0.390 e. The Balaban J connectivity index is 2.14. The SMILES string of the molecule is CC1(O)CCCC1C1(CN)CCC1. The molecule has 2 atom stereocenters. The highest BCUT2D eigenvalue weighted by molar-refractivity contribution is 5.03. The molecule has 0 radical (unpaired) electrons. The minimum atomic E-state index is -0.431. The monoisotopic (exact) mass is 183 g/mol. The van der Waals surface area contributed by atoms with Crippen molar-refractivity contribution in [2.24, 2.45) is 17.1 Å². The maximum atomic E-state index is 10.2. The smallest absolute Gasteiger partial charge is 0.0653 e. The highest BCUT2D eigenvalue weighted by atomic mass is 16.3. The molecular weight excluding hydrogens is 162 g/mol. The van der Waals surface area contributed by atoms with Crippen LogP contribution in [0, 0.1) is 11.3 Å². The van der Waals surface area contributed by atoms with Crippen LogP contribution in [0.3, 0.4) is 0 Å². The Morgan fingerprint density at radius 3 is 2.31 bits per heavy atom. The van der Waals surface area contributed by atoms with E-state index in [0.29, 0.717) is 11.3 Å². The summed E-state index contributed by atoms with van der Waals surface area (Å²) in [7, 11) is 0. The van der Waals surface area contributed by atoms with E-state index in [0.717, 1.165) is 13.0 Å². The Kier molecular flexibility index (Phi) is 2.16. The molecule has 0 aromatic rings. The number of rotatable bonds is 2. The second-order valence-electron chi connectivity index (χ2n) is 5.22. The van der Waals surface area contributed by atoms with Gasteiger partial charge in [0.05, 0.1) is 5.60 Å². The fourth-order valence-corrected chi connectivity index (χ4v) is 3.44. The molecule has 13 heavy (non-hydrogen) atoms. The molecule has 0 heterocycles. The topological polar surface area (TPSA) is 46.2 Å². The standard InChI is InChI=1S/C11H21NO/c1-10(13)5-2-4-9(10)11(8-12)6-3-7-11/h9,13H,2-8,12H2,1H3. The van der Waals surface area contributed by atoms with E-state index in [9.17, 15) is 5.11 Å². The number of aliphatic hydroxyl groups is 1. The van der Waals surface area contributed by atoms with Gasteiger partial charge in [-0.1, -0.05) is 12.8 Å². The summed E-state index contributed by atoms with van der Waals surface area (Å²) in [5, 5.41) is 10.2. The van der Waals surface area contributed by atoms with Crippen LogP contribution in [0.4, 0.5) is 0 Å². The van der Waals surface area contributed by atoms with Gasteiger partial charge in [-0.25, -0.2) is 0 Å². The summed E-state index contributed by atoms with van der Waals surface area (Å²) < 4.78 is 0. The third kappa shape index (κ3) is 1.31. The Morgan fingerprint density at radius 1 is 1.31 bits per heavy atom. The van der Waals surface area contributed by atoms with Gasteiger partial charge in [-0.05, 0) is 50.5 Å². The number of hydrogen-bond donors (Lipinski definition) is 2. The quantitative estimate of drug-likeness (QED) is 0.684. The van der Waals surface area contributed by atoms with E-state index in [1.807, 2.05) is 6.92 Å². The molecule has 0 saturated heterocycles. The van der Waals surface area contributed by atoms with Crippen molar-refractivity contribution in [1.29, 1.82) is 0 Å². The lowest BCUT2D eigenvalue weighted by Crippen LogP contribution is -2.50. The zero-order chi connectivity index (χ0) is 9.53. The molecule has 2 saturated carbocycles. The van der Waals surface area contributed by atoms with Crippen molar-refractivity contribution in [3.05, 3.63) is 0 Å². The molecule has 0 aliphatic heterocycles. The van der Waals surface area contributed by atoms with Crippen LogP contribution in [0.25, 0.3) is 0 Å². The van der Waals surface area contributed by atoms with Gasteiger partial charge in [-0.3, -0.25) is 0 Å². The van der Waals surface area contributed by atoms with Crippen LogP contribution >= 0.6 is 0 Å². The molecule has 76 valence electrons. The van der Waals surface area contributed by atoms with Crippen LogP contribution in [0.5, 0.6) is 0 Å². The highest BCUT2D eigenvalue weighted by Gasteiger charge is 2.52. The van der Waals surface area contributed by atoms with Gasteiger partial charge in [0.25, 0.3) is 0 Å². The molecule has 0 aromatic heterocycles. The van der Waals surface area contributed by atoms with E-state index >= 15 is 0 Å².